The summed E-state index contributed by atoms with van der Waals surface area (Å²) in [5.41, 5.74) is 0.753. The molecule has 0 aliphatic rings. The standard InChI is InChI=1S/C15H23NO2/c1-4-10-18-14-8-6-13(7-9-14)15(17)11-12(3)16-5-2/h6-9,12,16H,4-5,10-11H2,1-3H3. The third-order valence-electron chi connectivity index (χ3n) is 2.69. The first kappa shape index (κ1) is 14.7. The third-order valence-corrected chi connectivity index (χ3v) is 2.69. The van der Waals surface area contributed by atoms with E-state index in [1.54, 1.807) is 0 Å². The van der Waals surface area contributed by atoms with Gasteiger partial charge in [-0.25, -0.2) is 0 Å². The van der Waals surface area contributed by atoms with Gasteiger partial charge in [0.25, 0.3) is 0 Å². The van der Waals surface area contributed by atoms with Crippen LogP contribution in [-0.4, -0.2) is 25.0 Å². The van der Waals surface area contributed by atoms with Gasteiger partial charge in [-0.05, 0) is 44.2 Å². The number of carbonyl (C=O) groups excluding carboxylic acids is 1. The SMILES string of the molecule is CCCOc1ccc(C(=O)CC(C)NCC)cc1. The summed E-state index contributed by atoms with van der Waals surface area (Å²) in [6, 6.07) is 7.62. The Hall–Kier alpha value is -1.35. The first-order chi connectivity index (χ1) is 8.67. The molecule has 0 spiro atoms. The highest BCUT2D eigenvalue weighted by Gasteiger charge is 2.10. The van der Waals surface area contributed by atoms with E-state index in [0.717, 1.165) is 24.3 Å². The summed E-state index contributed by atoms with van der Waals surface area (Å²) >= 11 is 0. The topological polar surface area (TPSA) is 38.3 Å². The molecular formula is C15H23NO2. The van der Waals surface area contributed by atoms with Crippen molar-refractivity contribution in [1.29, 1.82) is 0 Å². The summed E-state index contributed by atoms with van der Waals surface area (Å²) in [6.45, 7) is 7.74. The van der Waals surface area contributed by atoms with Gasteiger partial charge in [0.05, 0.1) is 6.61 Å². The summed E-state index contributed by atoms with van der Waals surface area (Å²) in [6.07, 6.45) is 1.52. The Morgan fingerprint density at radius 3 is 2.50 bits per heavy atom. The minimum atomic E-state index is 0.172. The molecule has 1 aromatic rings. The van der Waals surface area contributed by atoms with Gasteiger partial charge in [0.15, 0.2) is 5.78 Å². The zero-order chi connectivity index (χ0) is 13.4. The average molecular weight is 249 g/mol. The predicted octanol–water partition coefficient (Wildman–Crippen LogP) is 3.05. The fourth-order valence-electron chi connectivity index (χ4n) is 1.77. The van der Waals surface area contributed by atoms with E-state index >= 15 is 0 Å². The zero-order valence-corrected chi connectivity index (χ0v) is 11.5. The summed E-state index contributed by atoms with van der Waals surface area (Å²) in [5.74, 6) is 0.999. The fraction of sp³-hybridized carbons (Fsp3) is 0.533. The molecule has 0 saturated heterocycles. The smallest absolute Gasteiger partial charge is 0.164 e. The number of hydrogen-bond acceptors (Lipinski definition) is 3. The Morgan fingerprint density at radius 2 is 1.94 bits per heavy atom. The van der Waals surface area contributed by atoms with Crippen LogP contribution in [0.1, 0.15) is 44.0 Å². The van der Waals surface area contributed by atoms with Gasteiger partial charge in [-0.3, -0.25) is 4.79 Å². The van der Waals surface area contributed by atoms with E-state index in [4.69, 9.17) is 4.74 Å². The van der Waals surface area contributed by atoms with E-state index in [2.05, 4.69) is 12.2 Å². The molecule has 0 amide bonds. The maximum Gasteiger partial charge on any atom is 0.164 e. The van der Waals surface area contributed by atoms with Crippen LogP contribution in [0, 0.1) is 0 Å². The average Bonchev–Trinajstić information content (AvgIpc) is 2.37. The number of ketones is 1. The molecule has 0 radical (unpaired) electrons. The number of benzene rings is 1. The monoisotopic (exact) mass is 249 g/mol. The minimum Gasteiger partial charge on any atom is -0.494 e. The van der Waals surface area contributed by atoms with Gasteiger partial charge in [0.1, 0.15) is 5.75 Å². The van der Waals surface area contributed by atoms with Crippen molar-refractivity contribution in [3.63, 3.8) is 0 Å². The fourth-order valence-corrected chi connectivity index (χ4v) is 1.77. The quantitative estimate of drug-likeness (QED) is 0.720. The Balaban J connectivity index is 2.53. The summed E-state index contributed by atoms with van der Waals surface area (Å²) < 4.78 is 5.49. The molecule has 0 aliphatic heterocycles. The lowest BCUT2D eigenvalue weighted by Crippen LogP contribution is -2.28. The number of rotatable bonds is 8. The highest BCUT2D eigenvalue weighted by molar-refractivity contribution is 5.96. The first-order valence-corrected chi connectivity index (χ1v) is 6.66. The van der Waals surface area contributed by atoms with Crippen molar-refractivity contribution in [1.82, 2.24) is 5.32 Å². The van der Waals surface area contributed by atoms with Crippen molar-refractivity contribution < 1.29 is 9.53 Å². The minimum absolute atomic E-state index is 0.172. The Kier molecular flexibility index (Phi) is 6.44. The second-order valence-electron chi connectivity index (χ2n) is 4.46. The van der Waals surface area contributed by atoms with Gasteiger partial charge in [-0.2, -0.15) is 0 Å². The molecule has 0 aromatic heterocycles. The van der Waals surface area contributed by atoms with E-state index in [0.29, 0.717) is 13.0 Å². The largest absolute Gasteiger partial charge is 0.494 e. The van der Waals surface area contributed by atoms with Crippen molar-refractivity contribution in [3.05, 3.63) is 29.8 Å². The maximum absolute atomic E-state index is 12.0. The van der Waals surface area contributed by atoms with Crippen LogP contribution >= 0.6 is 0 Å². The maximum atomic E-state index is 12.0. The number of carbonyl (C=O) groups is 1. The van der Waals surface area contributed by atoms with Crippen LogP contribution in [0.3, 0.4) is 0 Å². The van der Waals surface area contributed by atoms with Crippen molar-refractivity contribution in [2.24, 2.45) is 0 Å². The molecule has 0 bridgehead atoms. The van der Waals surface area contributed by atoms with E-state index in [1.807, 2.05) is 38.1 Å². The first-order valence-electron chi connectivity index (χ1n) is 6.66. The summed E-state index contributed by atoms with van der Waals surface area (Å²) in [4.78, 5) is 12.0. The van der Waals surface area contributed by atoms with Crippen molar-refractivity contribution >= 4 is 5.78 Å². The molecule has 100 valence electrons. The van der Waals surface area contributed by atoms with Crippen LogP contribution in [0.2, 0.25) is 0 Å². The second kappa shape index (κ2) is 7.88. The molecule has 18 heavy (non-hydrogen) atoms. The lowest BCUT2D eigenvalue weighted by atomic mass is 10.0. The van der Waals surface area contributed by atoms with E-state index in [1.165, 1.54) is 0 Å². The molecule has 1 rings (SSSR count). The molecule has 3 nitrogen and oxygen atoms in total. The van der Waals surface area contributed by atoms with E-state index in [-0.39, 0.29) is 11.8 Å². The molecule has 1 aromatic carbocycles. The predicted molar refractivity (Wildman–Crippen MR) is 74.3 cm³/mol. The van der Waals surface area contributed by atoms with Crippen LogP contribution in [0.5, 0.6) is 5.75 Å². The number of ether oxygens (including phenoxy) is 1. The van der Waals surface area contributed by atoms with Gasteiger partial charge in [0, 0.05) is 18.0 Å². The third kappa shape index (κ3) is 4.88. The van der Waals surface area contributed by atoms with Crippen LogP contribution in [-0.2, 0) is 0 Å². The number of nitrogens with one attached hydrogen (secondary N) is 1. The molecular weight excluding hydrogens is 226 g/mol. The second-order valence-corrected chi connectivity index (χ2v) is 4.46. The van der Waals surface area contributed by atoms with Crippen LogP contribution in [0.25, 0.3) is 0 Å². The zero-order valence-electron chi connectivity index (χ0n) is 11.5. The van der Waals surface area contributed by atoms with Gasteiger partial charge < -0.3 is 10.1 Å². The van der Waals surface area contributed by atoms with E-state index in [9.17, 15) is 4.79 Å². The molecule has 1 N–H and O–H groups in total. The van der Waals surface area contributed by atoms with Gasteiger partial charge in [0.2, 0.25) is 0 Å². The Morgan fingerprint density at radius 1 is 1.28 bits per heavy atom. The van der Waals surface area contributed by atoms with Crippen molar-refractivity contribution in [2.45, 2.75) is 39.7 Å². The molecule has 0 saturated carbocycles. The van der Waals surface area contributed by atoms with Crippen molar-refractivity contribution in [3.8, 4) is 5.75 Å². The summed E-state index contributed by atoms with van der Waals surface area (Å²) in [7, 11) is 0. The molecule has 0 fully saturated rings. The van der Waals surface area contributed by atoms with Gasteiger partial charge >= 0.3 is 0 Å². The Labute approximate surface area is 110 Å². The van der Waals surface area contributed by atoms with Crippen LogP contribution < -0.4 is 10.1 Å². The number of hydrogen-bond donors (Lipinski definition) is 1. The molecule has 3 heteroatoms. The van der Waals surface area contributed by atoms with Crippen molar-refractivity contribution in [2.75, 3.05) is 13.2 Å². The van der Waals surface area contributed by atoms with Crippen LogP contribution in [0.15, 0.2) is 24.3 Å². The van der Waals surface area contributed by atoms with Gasteiger partial charge in [-0.1, -0.05) is 13.8 Å². The molecule has 0 heterocycles. The molecule has 1 unspecified atom stereocenters. The molecule has 0 aliphatic carbocycles. The normalized spacial score (nSPS) is 12.2. The summed E-state index contributed by atoms with van der Waals surface area (Å²) in [5, 5.41) is 3.24. The van der Waals surface area contributed by atoms with Gasteiger partial charge in [-0.15, -0.1) is 0 Å². The number of Topliss-reactive ketones (excluding diaryl/α,β-unsaturated/α-hetero) is 1. The molecule has 1 atom stereocenters. The lowest BCUT2D eigenvalue weighted by Gasteiger charge is -2.11. The highest BCUT2D eigenvalue weighted by atomic mass is 16.5. The Bertz CT molecular complexity index is 359. The van der Waals surface area contributed by atoms with E-state index < -0.39 is 0 Å². The lowest BCUT2D eigenvalue weighted by molar-refractivity contribution is 0.0972. The van der Waals surface area contributed by atoms with Crippen LogP contribution in [0.4, 0.5) is 0 Å². The highest BCUT2D eigenvalue weighted by Crippen LogP contribution is 2.14.